The molecule has 0 aromatic heterocycles. The average molecular weight is 297 g/mol. The summed E-state index contributed by atoms with van der Waals surface area (Å²) in [6.45, 7) is 1.87. The van der Waals surface area contributed by atoms with Gasteiger partial charge in [0, 0.05) is 9.79 Å². The number of aliphatic carboxylic acids is 1. The molecule has 21 heavy (non-hydrogen) atoms. The molecule has 0 saturated carbocycles. The van der Waals surface area contributed by atoms with Gasteiger partial charge in [-0.1, -0.05) is 42.1 Å². The molecule has 3 nitrogen and oxygen atoms in total. The number of hydrogen-bond donors (Lipinski definition) is 1. The molecule has 106 valence electrons. The minimum Gasteiger partial charge on any atom is -0.481 e. The highest BCUT2D eigenvalue weighted by molar-refractivity contribution is 7.99. The molecule has 0 spiro atoms. The fraction of sp³-hybridized carbons (Fsp3) is 0.176. The third-order valence-corrected chi connectivity index (χ3v) is 4.24. The van der Waals surface area contributed by atoms with Gasteiger partial charge in [0.05, 0.1) is 18.4 Å². The number of benzene rings is 2. The highest BCUT2D eigenvalue weighted by Gasteiger charge is 2.08. The van der Waals surface area contributed by atoms with Crippen LogP contribution < -0.4 is 0 Å². The normalized spacial score (nSPS) is 11.6. The number of carboxylic acids is 1. The van der Waals surface area contributed by atoms with Crippen LogP contribution in [0.1, 0.15) is 24.0 Å². The summed E-state index contributed by atoms with van der Waals surface area (Å²) in [5.41, 5.74) is 1.80. The van der Waals surface area contributed by atoms with Crippen molar-refractivity contribution in [3.8, 4) is 6.07 Å². The highest BCUT2D eigenvalue weighted by Crippen LogP contribution is 2.31. The fourth-order valence-corrected chi connectivity index (χ4v) is 2.88. The predicted molar refractivity (Wildman–Crippen MR) is 82.4 cm³/mol. The van der Waals surface area contributed by atoms with Crippen LogP contribution in [0, 0.1) is 11.3 Å². The molecule has 0 saturated heterocycles. The molecule has 0 radical (unpaired) electrons. The van der Waals surface area contributed by atoms with Crippen molar-refractivity contribution in [2.75, 3.05) is 0 Å². The molecule has 0 aliphatic rings. The molecule has 2 rings (SSSR count). The number of nitriles is 1. The molecule has 4 heteroatoms. The van der Waals surface area contributed by atoms with Crippen molar-refractivity contribution < 1.29 is 9.90 Å². The smallest absolute Gasteiger partial charge is 0.307 e. The van der Waals surface area contributed by atoms with Gasteiger partial charge in [0.2, 0.25) is 0 Å². The highest BCUT2D eigenvalue weighted by atomic mass is 32.2. The predicted octanol–water partition coefficient (Wildman–Crippen LogP) is 4.09. The van der Waals surface area contributed by atoms with Gasteiger partial charge >= 0.3 is 5.97 Å². The lowest BCUT2D eigenvalue weighted by Gasteiger charge is -2.08. The molecule has 0 fully saturated rings. The lowest BCUT2D eigenvalue weighted by molar-refractivity contribution is -0.136. The molecule has 1 unspecified atom stereocenters. The first-order chi connectivity index (χ1) is 10.1. The Morgan fingerprint density at radius 2 is 1.90 bits per heavy atom. The van der Waals surface area contributed by atoms with Crippen LogP contribution in [-0.4, -0.2) is 11.1 Å². The lowest BCUT2D eigenvalue weighted by Crippen LogP contribution is -2.01. The van der Waals surface area contributed by atoms with Crippen molar-refractivity contribution in [3.05, 3.63) is 59.7 Å². The topological polar surface area (TPSA) is 61.1 Å². The number of carbonyl (C=O) groups is 1. The van der Waals surface area contributed by atoms with E-state index in [1.54, 1.807) is 0 Å². The van der Waals surface area contributed by atoms with E-state index < -0.39 is 5.97 Å². The molecular formula is C17H15NO2S. The summed E-state index contributed by atoms with van der Waals surface area (Å²) in [7, 11) is 0. The summed E-state index contributed by atoms with van der Waals surface area (Å²) in [4.78, 5) is 12.9. The number of carboxylic acid groups (broad SMARTS) is 1. The van der Waals surface area contributed by atoms with Crippen LogP contribution in [0.25, 0.3) is 0 Å². The van der Waals surface area contributed by atoms with Gasteiger partial charge in [-0.15, -0.1) is 0 Å². The van der Waals surface area contributed by atoms with Gasteiger partial charge in [-0.05, 0) is 36.2 Å². The minimum atomic E-state index is -0.832. The molecule has 0 aliphatic heterocycles. The molecule has 0 amide bonds. The molecule has 2 aromatic rings. The molecule has 2 aromatic carbocycles. The Hall–Kier alpha value is -2.25. The molecule has 0 aliphatic carbocycles. The Balaban J connectivity index is 2.19. The fourth-order valence-electron chi connectivity index (χ4n) is 1.94. The van der Waals surface area contributed by atoms with Crippen molar-refractivity contribution in [1.82, 2.24) is 0 Å². The largest absolute Gasteiger partial charge is 0.481 e. The zero-order chi connectivity index (χ0) is 15.2. The molecular weight excluding hydrogens is 282 g/mol. The Labute approximate surface area is 128 Å². The lowest BCUT2D eigenvalue weighted by atomic mass is 10.0. The maximum Gasteiger partial charge on any atom is 0.307 e. The molecule has 1 N–H and O–H groups in total. The van der Waals surface area contributed by atoms with E-state index in [0.29, 0.717) is 0 Å². The van der Waals surface area contributed by atoms with E-state index in [1.807, 2.05) is 55.5 Å². The van der Waals surface area contributed by atoms with E-state index >= 15 is 0 Å². The molecule has 0 bridgehead atoms. The second-order valence-corrected chi connectivity index (χ2v) is 5.82. The van der Waals surface area contributed by atoms with Crippen molar-refractivity contribution in [1.29, 1.82) is 5.26 Å². The van der Waals surface area contributed by atoms with Gasteiger partial charge in [-0.2, -0.15) is 5.26 Å². The first-order valence-electron chi connectivity index (χ1n) is 6.57. The zero-order valence-corrected chi connectivity index (χ0v) is 12.4. The van der Waals surface area contributed by atoms with Crippen molar-refractivity contribution in [2.45, 2.75) is 29.1 Å². The van der Waals surface area contributed by atoms with Crippen molar-refractivity contribution >= 4 is 17.7 Å². The first-order valence-corrected chi connectivity index (χ1v) is 7.39. The van der Waals surface area contributed by atoms with Crippen molar-refractivity contribution in [3.63, 3.8) is 0 Å². The second-order valence-electron chi connectivity index (χ2n) is 4.70. The molecule has 1 atom stereocenters. The molecule has 0 heterocycles. The Kier molecular flexibility index (Phi) is 5.02. The monoisotopic (exact) mass is 297 g/mol. The summed E-state index contributed by atoms with van der Waals surface area (Å²) in [5.74, 6) is -0.954. The summed E-state index contributed by atoms with van der Waals surface area (Å²) in [6, 6.07) is 17.5. The minimum absolute atomic E-state index is 0.0206. The number of hydrogen-bond acceptors (Lipinski definition) is 3. The van der Waals surface area contributed by atoms with E-state index in [-0.39, 0.29) is 12.3 Å². The van der Waals surface area contributed by atoms with Gasteiger partial charge < -0.3 is 5.11 Å². The van der Waals surface area contributed by atoms with Gasteiger partial charge in [-0.25, -0.2) is 0 Å². The van der Waals surface area contributed by atoms with Crippen LogP contribution in [0.4, 0.5) is 0 Å². The third-order valence-electron chi connectivity index (χ3n) is 3.12. The Bertz CT molecular complexity index is 674. The Morgan fingerprint density at radius 1 is 1.24 bits per heavy atom. The maximum atomic E-state index is 10.9. The van der Waals surface area contributed by atoms with Gasteiger partial charge in [0.25, 0.3) is 0 Å². The van der Waals surface area contributed by atoms with Crippen LogP contribution in [0.3, 0.4) is 0 Å². The van der Waals surface area contributed by atoms with E-state index in [0.717, 1.165) is 20.9 Å². The zero-order valence-electron chi connectivity index (χ0n) is 11.6. The van der Waals surface area contributed by atoms with Crippen LogP contribution in [-0.2, 0) is 11.2 Å². The van der Waals surface area contributed by atoms with Crippen molar-refractivity contribution in [2.24, 2.45) is 0 Å². The number of rotatable bonds is 5. The second kappa shape index (κ2) is 6.96. The Morgan fingerprint density at radius 3 is 2.52 bits per heavy atom. The van der Waals surface area contributed by atoms with Crippen LogP contribution in [0.2, 0.25) is 0 Å². The van der Waals surface area contributed by atoms with Crippen LogP contribution >= 0.6 is 11.8 Å². The van der Waals surface area contributed by atoms with Gasteiger partial charge in [0.15, 0.2) is 0 Å². The summed E-state index contributed by atoms with van der Waals surface area (Å²) < 4.78 is 0. The third kappa shape index (κ3) is 4.11. The van der Waals surface area contributed by atoms with Gasteiger partial charge in [-0.3, -0.25) is 4.79 Å². The summed E-state index contributed by atoms with van der Waals surface area (Å²) >= 11 is 1.54. The average Bonchev–Trinajstić information content (AvgIpc) is 2.49. The summed E-state index contributed by atoms with van der Waals surface area (Å²) in [5, 5.41) is 17.8. The summed E-state index contributed by atoms with van der Waals surface area (Å²) in [6.07, 6.45) is 0.0206. The quantitative estimate of drug-likeness (QED) is 0.903. The van der Waals surface area contributed by atoms with Crippen LogP contribution in [0.5, 0.6) is 0 Å². The van der Waals surface area contributed by atoms with Crippen LogP contribution in [0.15, 0.2) is 58.3 Å². The number of nitrogens with zero attached hydrogens (tertiary/aromatic N) is 1. The standard InChI is InChI=1S/C17H15NO2S/c1-12(11-18)13-6-8-15(9-7-13)21-16-5-3-2-4-14(16)10-17(19)20/h2-9,12H,10H2,1H3,(H,19,20). The van der Waals surface area contributed by atoms with E-state index in [9.17, 15) is 4.79 Å². The van der Waals surface area contributed by atoms with E-state index in [1.165, 1.54) is 11.8 Å². The maximum absolute atomic E-state index is 10.9. The van der Waals surface area contributed by atoms with Gasteiger partial charge in [0.1, 0.15) is 0 Å². The first kappa shape index (κ1) is 15.1. The van der Waals surface area contributed by atoms with E-state index in [4.69, 9.17) is 10.4 Å². The van der Waals surface area contributed by atoms with E-state index in [2.05, 4.69) is 6.07 Å². The SMILES string of the molecule is CC(C#N)c1ccc(Sc2ccccc2CC(=O)O)cc1.